The Morgan fingerprint density at radius 1 is 1.35 bits per heavy atom. The summed E-state index contributed by atoms with van der Waals surface area (Å²) >= 11 is 5.44. The van der Waals surface area contributed by atoms with Crippen molar-refractivity contribution in [1.29, 1.82) is 0 Å². The predicted octanol–water partition coefficient (Wildman–Crippen LogP) is 2.79. The van der Waals surface area contributed by atoms with Crippen molar-refractivity contribution in [2.24, 2.45) is 5.73 Å². The van der Waals surface area contributed by atoms with Crippen LogP contribution in [-0.2, 0) is 0 Å². The Bertz CT molecular complexity index is 396. The summed E-state index contributed by atoms with van der Waals surface area (Å²) in [6.45, 7) is 0. The first-order valence-electron chi connectivity index (χ1n) is 4.67. The van der Waals surface area contributed by atoms with Gasteiger partial charge in [-0.15, -0.1) is 0 Å². The minimum atomic E-state index is -4.58. The second kappa shape index (κ2) is 5.20. The lowest BCUT2D eigenvalue weighted by Crippen LogP contribution is -2.38. The highest BCUT2D eigenvalue weighted by Crippen LogP contribution is 2.28. The molecule has 1 rings (SSSR count). The molecule has 0 aliphatic heterocycles. The standard InChI is InChI=1S/C10H10ClF4NO/c11-6-3-5(1-2-7(6)12)8(17)4-9(16)10(13,14)15/h1-3,8-9,17H,4,16H2/t8-,9+/m1/s1. The summed E-state index contributed by atoms with van der Waals surface area (Å²) in [6, 6.07) is 1.07. The maximum absolute atomic E-state index is 12.8. The Morgan fingerprint density at radius 3 is 2.41 bits per heavy atom. The van der Waals surface area contributed by atoms with Gasteiger partial charge in [0.05, 0.1) is 11.1 Å². The van der Waals surface area contributed by atoms with Crippen LogP contribution in [0.5, 0.6) is 0 Å². The van der Waals surface area contributed by atoms with E-state index in [9.17, 15) is 22.7 Å². The van der Waals surface area contributed by atoms with E-state index in [0.29, 0.717) is 0 Å². The first kappa shape index (κ1) is 14.2. The molecule has 0 spiro atoms. The van der Waals surface area contributed by atoms with Crippen LogP contribution in [0.25, 0.3) is 0 Å². The Morgan fingerprint density at radius 2 is 1.94 bits per heavy atom. The SMILES string of the molecule is N[C@@H](C[C@@H](O)c1ccc(F)c(Cl)c1)C(F)(F)F. The summed E-state index contributed by atoms with van der Waals surface area (Å²) in [5.74, 6) is -0.706. The fourth-order valence-corrected chi connectivity index (χ4v) is 1.42. The van der Waals surface area contributed by atoms with Crippen molar-refractivity contribution in [3.8, 4) is 0 Å². The summed E-state index contributed by atoms with van der Waals surface area (Å²) in [5, 5.41) is 9.25. The molecular formula is C10H10ClF4NO. The first-order chi connectivity index (χ1) is 7.71. The lowest BCUT2D eigenvalue weighted by Gasteiger charge is -2.19. The number of rotatable bonds is 3. The minimum absolute atomic E-state index is 0.0936. The van der Waals surface area contributed by atoms with Crippen LogP contribution in [0.4, 0.5) is 17.6 Å². The van der Waals surface area contributed by atoms with Crippen molar-refractivity contribution in [1.82, 2.24) is 0 Å². The number of aliphatic hydroxyl groups excluding tert-OH is 1. The second-order valence-electron chi connectivity index (χ2n) is 3.57. The third-order valence-corrected chi connectivity index (χ3v) is 2.52. The van der Waals surface area contributed by atoms with E-state index in [1.54, 1.807) is 0 Å². The monoisotopic (exact) mass is 271 g/mol. The lowest BCUT2D eigenvalue weighted by atomic mass is 10.0. The van der Waals surface area contributed by atoms with Gasteiger partial charge >= 0.3 is 6.18 Å². The zero-order chi connectivity index (χ0) is 13.2. The second-order valence-corrected chi connectivity index (χ2v) is 3.98. The van der Waals surface area contributed by atoms with Gasteiger partial charge in [0.1, 0.15) is 11.9 Å². The molecule has 0 aromatic heterocycles. The molecule has 96 valence electrons. The van der Waals surface area contributed by atoms with E-state index in [-0.39, 0.29) is 10.6 Å². The summed E-state index contributed by atoms with van der Waals surface area (Å²) in [5.41, 5.74) is 4.96. The van der Waals surface area contributed by atoms with Crippen LogP contribution in [0, 0.1) is 5.82 Å². The van der Waals surface area contributed by atoms with Crippen molar-refractivity contribution in [2.75, 3.05) is 0 Å². The summed E-state index contributed by atoms with van der Waals surface area (Å²) in [6.07, 6.45) is -6.72. The molecule has 2 atom stereocenters. The lowest BCUT2D eigenvalue weighted by molar-refractivity contribution is -0.153. The average Bonchev–Trinajstić information content (AvgIpc) is 2.20. The van der Waals surface area contributed by atoms with Crippen LogP contribution in [0.3, 0.4) is 0 Å². The van der Waals surface area contributed by atoms with E-state index in [0.717, 1.165) is 18.2 Å². The van der Waals surface area contributed by atoms with Crippen LogP contribution in [0.2, 0.25) is 5.02 Å². The number of hydrogen-bond acceptors (Lipinski definition) is 2. The van der Waals surface area contributed by atoms with Gasteiger partial charge in [-0.3, -0.25) is 0 Å². The normalized spacial score (nSPS) is 15.7. The Balaban J connectivity index is 2.76. The van der Waals surface area contributed by atoms with Crippen molar-refractivity contribution in [2.45, 2.75) is 24.7 Å². The number of alkyl halides is 3. The average molecular weight is 272 g/mol. The van der Waals surface area contributed by atoms with E-state index < -0.39 is 30.6 Å². The molecule has 17 heavy (non-hydrogen) atoms. The zero-order valence-corrected chi connectivity index (χ0v) is 9.26. The van der Waals surface area contributed by atoms with Gasteiger partial charge in [0, 0.05) is 6.42 Å². The van der Waals surface area contributed by atoms with Crippen LogP contribution >= 0.6 is 11.6 Å². The largest absolute Gasteiger partial charge is 0.403 e. The van der Waals surface area contributed by atoms with Gasteiger partial charge in [-0.1, -0.05) is 17.7 Å². The highest BCUT2D eigenvalue weighted by atomic mass is 35.5. The molecule has 1 aromatic carbocycles. The quantitative estimate of drug-likeness (QED) is 0.831. The number of nitrogens with two attached hydrogens (primary N) is 1. The van der Waals surface area contributed by atoms with Crippen molar-refractivity contribution in [3.63, 3.8) is 0 Å². The van der Waals surface area contributed by atoms with Gasteiger partial charge in [0.2, 0.25) is 0 Å². The maximum atomic E-state index is 12.8. The topological polar surface area (TPSA) is 46.2 Å². The molecule has 0 saturated heterocycles. The van der Waals surface area contributed by atoms with Crippen molar-refractivity contribution in [3.05, 3.63) is 34.6 Å². The van der Waals surface area contributed by atoms with Crippen LogP contribution in [0.1, 0.15) is 18.1 Å². The first-order valence-corrected chi connectivity index (χ1v) is 5.05. The van der Waals surface area contributed by atoms with Crippen LogP contribution < -0.4 is 5.73 Å². The Labute approximate surface area is 100.0 Å². The predicted molar refractivity (Wildman–Crippen MR) is 55.0 cm³/mol. The summed E-state index contributed by atoms with van der Waals surface area (Å²) in [4.78, 5) is 0. The molecule has 3 N–H and O–H groups in total. The zero-order valence-electron chi connectivity index (χ0n) is 8.51. The van der Waals surface area contributed by atoms with Gasteiger partial charge in [-0.05, 0) is 17.7 Å². The highest BCUT2D eigenvalue weighted by Gasteiger charge is 2.37. The third-order valence-electron chi connectivity index (χ3n) is 2.23. The minimum Gasteiger partial charge on any atom is -0.388 e. The van der Waals surface area contributed by atoms with Crippen LogP contribution in [-0.4, -0.2) is 17.3 Å². The van der Waals surface area contributed by atoms with E-state index in [1.807, 2.05) is 0 Å². The van der Waals surface area contributed by atoms with E-state index in [4.69, 9.17) is 17.3 Å². The number of benzene rings is 1. The molecule has 0 bridgehead atoms. The smallest absolute Gasteiger partial charge is 0.388 e. The molecule has 0 radical (unpaired) electrons. The number of halogens is 5. The van der Waals surface area contributed by atoms with Crippen molar-refractivity contribution >= 4 is 11.6 Å². The van der Waals surface area contributed by atoms with E-state index >= 15 is 0 Å². The van der Waals surface area contributed by atoms with E-state index in [2.05, 4.69) is 0 Å². The van der Waals surface area contributed by atoms with E-state index in [1.165, 1.54) is 0 Å². The fourth-order valence-electron chi connectivity index (χ4n) is 1.23. The maximum Gasteiger partial charge on any atom is 0.403 e. The van der Waals surface area contributed by atoms with Crippen molar-refractivity contribution < 1.29 is 22.7 Å². The highest BCUT2D eigenvalue weighted by molar-refractivity contribution is 6.30. The molecule has 0 fully saturated rings. The summed E-state index contributed by atoms with van der Waals surface area (Å²) in [7, 11) is 0. The molecular weight excluding hydrogens is 262 g/mol. The van der Waals surface area contributed by atoms with Gasteiger partial charge < -0.3 is 10.8 Å². The fraction of sp³-hybridized carbons (Fsp3) is 0.400. The van der Waals surface area contributed by atoms with Gasteiger partial charge in [-0.2, -0.15) is 13.2 Å². The number of aliphatic hydroxyl groups is 1. The molecule has 0 heterocycles. The number of hydrogen-bond donors (Lipinski definition) is 2. The molecule has 0 unspecified atom stereocenters. The molecule has 0 aliphatic rings. The third kappa shape index (κ3) is 3.83. The Kier molecular flexibility index (Phi) is 4.35. The molecule has 1 aromatic rings. The molecule has 0 aliphatic carbocycles. The molecule has 2 nitrogen and oxygen atoms in total. The molecule has 0 saturated carbocycles. The molecule has 7 heteroatoms. The molecule has 0 amide bonds. The van der Waals surface area contributed by atoms with Gasteiger partial charge in [0.15, 0.2) is 0 Å². The van der Waals surface area contributed by atoms with Gasteiger partial charge in [-0.25, -0.2) is 4.39 Å². The summed E-state index contributed by atoms with van der Waals surface area (Å²) < 4.78 is 49.2. The van der Waals surface area contributed by atoms with Gasteiger partial charge in [0.25, 0.3) is 0 Å². The Hall–Kier alpha value is -0.850. The van der Waals surface area contributed by atoms with Crippen LogP contribution in [0.15, 0.2) is 18.2 Å².